The molecule has 2 N–H and O–H groups in total. The summed E-state index contributed by atoms with van der Waals surface area (Å²) in [6, 6.07) is 0. The van der Waals surface area contributed by atoms with Gasteiger partial charge in [-0.2, -0.15) is 0 Å². The van der Waals surface area contributed by atoms with Crippen LogP contribution in [0.3, 0.4) is 0 Å². The Morgan fingerprint density at radius 1 is 0.889 bits per heavy atom. The summed E-state index contributed by atoms with van der Waals surface area (Å²) < 4.78 is 11.5. The first-order chi connectivity index (χ1) is 8.60. The fourth-order valence-electron chi connectivity index (χ4n) is 1.34. The van der Waals surface area contributed by atoms with Gasteiger partial charge >= 0.3 is 0 Å². The van der Waals surface area contributed by atoms with E-state index in [4.69, 9.17) is 0 Å². The molecule has 0 aliphatic rings. The number of hydrogen-bond donors (Lipinski definition) is 2. The predicted molar refractivity (Wildman–Crippen MR) is 73.7 cm³/mol. The highest BCUT2D eigenvalue weighted by Gasteiger charge is 2.03. The summed E-state index contributed by atoms with van der Waals surface area (Å²) in [5.74, 6) is 0.898. The van der Waals surface area contributed by atoms with Crippen LogP contribution >= 0.6 is 0 Å². The molecule has 0 unspecified atom stereocenters. The van der Waals surface area contributed by atoms with Crippen LogP contribution in [0.25, 0.3) is 0 Å². The molecule has 0 saturated carbocycles. The van der Waals surface area contributed by atoms with Crippen LogP contribution in [0.1, 0.15) is 39.5 Å². The SMILES string of the molecule is CCCC(=O)NCCS(=O)CCNC(=O)CCC. The second-order valence-electron chi connectivity index (χ2n) is 4.05. The number of amides is 2. The molecule has 0 bridgehead atoms. The van der Waals surface area contributed by atoms with Crippen LogP contribution in [0.4, 0.5) is 0 Å². The van der Waals surface area contributed by atoms with E-state index in [-0.39, 0.29) is 11.8 Å². The van der Waals surface area contributed by atoms with Gasteiger partial charge in [-0.05, 0) is 12.8 Å². The van der Waals surface area contributed by atoms with Crippen molar-refractivity contribution in [1.82, 2.24) is 10.6 Å². The van der Waals surface area contributed by atoms with Gasteiger partial charge in [-0.1, -0.05) is 13.8 Å². The van der Waals surface area contributed by atoms with E-state index < -0.39 is 10.8 Å². The zero-order chi connectivity index (χ0) is 13.8. The molecule has 0 radical (unpaired) electrons. The van der Waals surface area contributed by atoms with Crippen LogP contribution in [-0.4, -0.2) is 40.6 Å². The van der Waals surface area contributed by atoms with E-state index in [0.717, 1.165) is 12.8 Å². The van der Waals surface area contributed by atoms with Crippen LogP contribution in [-0.2, 0) is 20.4 Å². The van der Waals surface area contributed by atoms with Crippen LogP contribution in [0.15, 0.2) is 0 Å². The van der Waals surface area contributed by atoms with Crippen molar-refractivity contribution >= 4 is 22.6 Å². The molecule has 5 nitrogen and oxygen atoms in total. The molecule has 6 heteroatoms. The molecule has 2 amide bonds. The van der Waals surface area contributed by atoms with Gasteiger partial charge in [0.25, 0.3) is 0 Å². The molecule has 0 atom stereocenters. The van der Waals surface area contributed by atoms with Crippen LogP contribution in [0, 0.1) is 0 Å². The number of rotatable bonds is 10. The summed E-state index contributed by atoms with van der Waals surface area (Å²) in [5, 5.41) is 5.43. The minimum atomic E-state index is -0.990. The van der Waals surface area contributed by atoms with Crippen molar-refractivity contribution in [2.75, 3.05) is 24.6 Å². The lowest BCUT2D eigenvalue weighted by atomic mass is 10.3. The Kier molecular flexibility index (Phi) is 10.6. The zero-order valence-corrected chi connectivity index (χ0v) is 12.1. The molecule has 0 heterocycles. The van der Waals surface area contributed by atoms with E-state index in [2.05, 4.69) is 10.6 Å². The average Bonchev–Trinajstić information content (AvgIpc) is 2.29. The number of carbonyl (C=O) groups is 2. The highest BCUT2D eigenvalue weighted by Crippen LogP contribution is 1.88. The van der Waals surface area contributed by atoms with Gasteiger partial charge in [0.2, 0.25) is 11.8 Å². The summed E-state index contributed by atoms with van der Waals surface area (Å²) in [7, 11) is -0.990. The van der Waals surface area contributed by atoms with Gasteiger partial charge in [0, 0.05) is 48.2 Å². The van der Waals surface area contributed by atoms with Crippen molar-refractivity contribution in [2.45, 2.75) is 39.5 Å². The summed E-state index contributed by atoms with van der Waals surface area (Å²) in [5.41, 5.74) is 0. The molecule has 0 saturated heterocycles. The zero-order valence-electron chi connectivity index (χ0n) is 11.3. The maximum Gasteiger partial charge on any atom is 0.220 e. The molecule has 0 aromatic rings. The second kappa shape index (κ2) is 11.2. The molecular formula is C12H24N2O3S. The van der Waals surface area contributed by atoms with E-state index >= 15 is 0 Å². The van der Waals surface area contributed by atoms with Crippen LogP contribution in [0.5, 0.6) is 0 Å². The van der Waals surface area contributed by atoms with Gasteiger partial charge < -0.3 is 10.6 Å². The Bertz CT molecular complexity index is 256. The fourth-order valence-corrected chi connectivity index (χ4v) is 2.21. The number of hydrogen-bond acceptors (Lipinski definition) is 3. The lowest BCUT2D eigenvalue weighted by Gasteiger charge is -2.06. The third-order valence-electron chi connectivity index (χ3n) is 2.26. The summed E-state index contributed by atoms with van der Waals surface area (Å²) >= 11 is 0. The lowest BCUT2D eigenvalue weighted by molar-refractivity contribution is -0.121. The Morgan fingerprint density at radius 2 is 1.28 bits per heavy atom. The third kappa shape index (κ3) is 10.3. The molecule has 106 valence electrons. The van der Waals surface area contributed by atoms with Crippen molar-refractivity contribution in [1.29, 1.82) is 0 Å². The van der Waals surface area contributed by atoms with Gasteiger partial charge in [-0.3, -0.25) is 13.8 Å². The molecular weight excluding hydrogens is 252 g/mol. The maximum absolute atomic E-state index is 11.5. The van der Waals surface area contributed by atoms with Crippen LogP contribution < -0.4 is 10.6 Å². The van der Waals surface area contributed by atoms with E-state index in [9.17, 15) is 13.8 Å². The highest BCUT2D eigenvalue weighted by molar-refractivity contribution is 7.85. The Morgan fingerprint density at radius 3 is 1.61 bits per heavy atom. The highest BCUT2D eigenvalue weighted by atomic mass is 32.2. The molecule has 0 aromatic carbocycles. The molecule has 0 aliphatic heterocycles. The predicted octanol–water partition coefficient (Wildman–Crippen LogP) is 0.568. The van der Waals surface area contributed by atoms with Crippen molar-refractivity contribution < 1.29 is 13.8 Å². The average molecular weight is 276 g/mol. The lowest BCUT2D eigenvalue weighted by Crippen LogP contribution is -2.31. The first-order valence-electron chi connectivity index (χ1n) is 6.48. The van der Waals surface area contributed by atoms with E-state index in [1.54, 1.807) is 0 Å². The Hall–Kier alpha value is -0.910. The van der Waals surface area contributed by atoms with Gasteiger partial charge in [0.1, 0.15) is 0 Å². The van der Waals surface area contributed by atoms with Crippen molar-refractivity contribution in [3.63, 3.8) is 0 Å². The van der Waals surface area contributed by atoms with Gasteiger partial charge in [0.05, 0.1) is 0 Å². The molecule has 0 aliphatic carbocycles. The van der Waals surface area contributed by atoms with Crippen molar-refractivity contribution in [3.8, 4) is 0 Å². The Labute approximate surface area is 112 Å². The maximum atomic E-state index is 11.5. The smallest absolute Gasteiger partial charge is 0.220 e. The molecule has 0 aromatic heterocycles. The first-order valence-corrected chi connectivity index (χ1v) is 7.97. The molecule has 0 fully saturated rings. The first kappa shape index (κ1) is 17.1. The minimum absolute atomic E-state index is 0.00532. The normalized spacial score (nSPS) is 10.4. The van der Waals surface area contributed by atoms with Crippen molar-refractivity contribution in [2.24, 2.45) is 0 Å². The molecule has 18 heavy (non-hydrogen) atoms. The molecule has 0 spiro atoms. The number of carbonyl (C=O) groups excluding carboxylic acids is 2. The van der Waals surface area contributed by atoms with E-state index in [1.807, 2.05) is 13.8 Å². The van der Waals surface area contributed by atoms with Crippen molar-refractivity contribution in [3.05, 3.63) is 0 Å². The monoisotopic (exact) mass is 276 g/mol. The summed E-state index contributed by atoms with van der Waals surface area (Å²) in [6.07, 6.45) is 2.66. The van der Waals surface area contributed by atoms with Gasteiger partial charge in [-0.25, -0.2) is 0 Å². The molecule has 0 rings (SSSR count). The van der Waals surface area contributed by atoms with E-state index in [0.29, 0.717) is 37.4 Å². The topological polar surface area (TPSA) is 75.3 Å². The fraction of sp³-hybridized carbons (Fsp3) is 0.833. The Balaban J connectivity index is 3.48. The minimum Gasteiger partial charge on any atom is -0.355 e. The second-order valence-corrected chi connectivity index (χ2v) is 5.74. The van der Waals surface area contributed by atoms with E-state index in [1.165, 1.54) is 0 Å². The van der Waals surface area contributed by atoms with Gasteiger partial charge in [-0.15, -0.1) is 0 Å². The van der Waals surface area contributed by atoms with Crippen LogP contribution in [0.2, 0.25) is 0 Å². The van der Waals surface area contributed by atoms with Gasteiger partial charge in [0.15, 0.2) is 0 Å². The summed E-state index contributed by atoms with van der Waals surface area (Å²) in [4.78, 5) is 22.3. The standard InChI is InChI=1S/C12H24N2O3S/c1-3-5-11(15)13-7-9-18(17)10-8-14-12(16)6-4-2/h3-10H2,1-2H3,(H,13,15)(H,14,16). The number of nitrogens with one attached hydrogen (secondary N) is 2. The third-order valence-corrected chi connectivity index (χ3v) is 3.58. The largest absolute Gasteiger partial charge is 0.355 e. The quantitative estimate of drug-likeness (QED) is 0.612. The summed E-state index contributed by atoms with van der Waals surface area (Å²) in [6.45, 7) is 4.76.